The molecule has 1 rings (SSSR count). The second-order valence-electron chi connectivity index (χ2n) is 5.07. The summed E-state index contributed by atoms with van der Waals surface area (Å²) >= 11 is 0. The van der Waals surface area contributed by atoms with E-state index in [4.69, 9.17) is 15.2 Å². The molecule has 0 fully saturated rings. The van der Waals surface area contributed by atoms with Gasteiger partial charge in [0, 0.05) is 20.2 Å². The third-order valence-corrected chi connectivity index (χ3v) is 2.94. The maximum atomic E-state index is 11.9. The van der Waals surface area contributed by atoms with Gasteiger partial charge in [0.15, 0.2) is 0 Å². The predicted molar refractivity (Wildman–Crippen MR) is 81.1 cm³/mol. The van der Waals surface area contributed by atoms with Crippen LogP contribution in [-0.4, -0.2) is 39.9 Å². The Bertz CT molecular complexity index is 447. The van der Waals surface area contributed by atoms with Crippen molar-refractivity contribution >= 4 is 17.3 Å². The third-order valence-electron chi connectivity index (χ3n) is 2.94. The Hall–Kier alpha value is -1.75. The molecule has 5 heteroatoms. The van der Waals surface area contributed by atoms with Gasteiger partial charge in [0.2, 0.25) is 0 Å². The van der Waals surface area contributed by atoms with Gasteiger partial charge >= 0.3 is 5.97 Å². The molecule has 0 amide bonds. The molecule has 0 radical (unpaired) electrons. The molecular formula is C15H24N2O3. The second-order valence-corrected chi connectivity index (χ2v) is 5.07. The molecule has 0 saturated carbocycles. The summed E-state index contributed by atoms with van der Waals surface area (Å²) in [7, 11) is 3.03. The quantitative estimate of drug-likeness (QED) is 0.612. The molecule has 112 valence electrons. The number of nitrogen functional groups attached to an aromatic ring is 1. The van der Waals surface area contributed by atoms with Crippen molar-refractivity contribution in [1.29, 1.82) is 0 Å². The standard InChI is InChI=1S/C15H24N2O3/c1-11(2)10-17(8-9-19-3)14-12(15(18)20-4)6-5-7-13(14)16/h5-7,11H,8-10,16H2,1-4H3. The van der Waals surface area contributed by atoms with Crippen LogP contribution < -0.4 is 10.6 Å². The zero-order chi connectivity index (χ0) is 15.1. The van der Waals surface area contributed by atoms with Gasteiger partial charge in [-0.3, -0.25) is 0 Å². The van der Waals surface area contributed by atoms with Crippen molar-refractivity contribution in [3.63, 3.8) is 0 Å². The Morgan fingerprint density at radius 2 is 2.05 bits per heavy atom. The first-order chi connectivity index (χ1) is 9.51. The summed E-state index contributed by atoms with van der Waals surface area (Å²) in [4.78, 5) is 14.0. The molecule has 20 heavy (non-hydrogen) atoms. The van der Waals surface area contributed by atoms with Crippen molar-refractivity contribution in [1.82, 2.24) is 0 Å². The number of ether oxygens (including phenoxy) is 2. The zero-order valence-corrected chi connectivity index (χ0v) is 12.7. The molecule has 0 aliphatic heterocycles. The Balaban J connectivity index is 3.19. The van der Waals surface area contributed by atoms with E-state index in [1.807, 2.05) is 0 Å². The van der Waals surface area contributed by atoms with Crippen LogP contribution in [0.5, 0.6) is 0 Å². The zero-order valence-electron chi connectivity index (χ0n) is 12.7. The van der Waals surface area contributed by atoms with Crippen LogP contribution in [0.4, 0.5) is 11.4 Å². The highest BCUT2D eigenvalue weighted by molar-refractivity contribution is 5.99. The highest BCUT2D eigenvalue weighted by atomic mass is 16.5. The fourth-order valence-corrected chi connectivity index (χ4v) is 2.13. The minimum atomic E-state index is -0.376. The summed E-state index contributed by atoms with van der Waals surface area (Å²) in [6.07, 6.45) is 0. The molecule has 1 aromatic carbocycles. The average molecular weight is 280 g/mol. The van der Waals surface area contributed by atoms with Crippen molar-refractivity contribution in [2.45, 2.75) is 13.8 Å². The molecule has 0 unspecified atom stereocenters. The van der Waals surface area contributed by atoms with E-state index in [-0.39, 0.29) is 5.97 Å². The lowest BCUT2D eigenvalue weighted by atomic mass is 10.1. The van der Waals surface area contributed by atoms with Crippen LogP contribution in [0, 0.1) is 5.92 Å². The van der Waals surface area contributed by atoms with Gasteiger partial charge in [-0.15, -0.1) is 0 Å². The molecule has 1 aromatic rings. The largest absolute Gasteiger partial charge is 0.465 e. The smallest absolute Gasteiger partial charge is 0.340 e. The van der Waals surface area contributed by atoms with Gasteiger partial charge < -0.3 is 20.1 Å². The first-order valence-corrected chi connectivity index (χ1v) is 6.72. The van der Waals surface area contributed by atoms with Crippen LogP contribution in [0.2, 0.25) is 0 Å². The van der Waals surface area contributed by atoms with Crippen LogP contribution >= 0.6 is 0 Å². The maximum absolute atomic E-state index is 11.9. The van der Waals surface area contributed by atoms with Crippen molar-refractivity contribution in [3.05, 3.63) is 23.8 Å². The molecule has 2 N–H and O–H groups in total. The van der Waals surface area contributed by atoms with Crippen molar-refractivity contribution < 1.29 is 14.3 Å². The minimum Gasteiger partial charge on any atom is -0.465 e. The number of nitrogens with zero attached hydrogens (tertiary/aromatic N) is 1. The number of rotatable bonds is 7. The van der Waals surface area contributed by atoms with E-state index in [1.54, 1.807) is 25.3 Å². The fraction of sp³-hybridized carbons (Fsp3) is 0.533. The van der Waals surface area contributed by atoms with Gasteiger partial charge in [0.05, 0.1) is 30.7 Å². The number of methoxy groups -OCH3 is 2. The van der Waals surface area contributed by atoms with Gasteiger partial charge in [0.25, 0.3) is 0 Å². The molecule has 0 aliphatic carbocycles. The normalized spacial score (nSPS) is 10.7. The molecule has 0 bridgehead atoms. The van der Waals surface area contributed by atoms with E-state index in [0.29, 0.717) is 30.3 Å². The lowest BCUT2D eigenvalue weighted by Gasteiger charge is -2.29. The molecule has 0 aliphatic rings. The third kappa shape index (κ3) is 4.13. The van der Waals surface area contributed by atoms with Crippen LogP contribution in [0.1, 0.15) is 24.2 Å². The van der Waals surface area contributed by atoms with Crippen molar-refractivity contribution in [3.8, 4) is 0 Å². The molecular weight excluding hydrogens is 256 g/mol. The Labute approximate surface area is 120 Å². The van der Waals surface area contributed by atoms with Gasteiger partial charge in [0.1, 0.15) is 0 Å². The number of esters is 1. The first kappa shape index (κ1) is 16.3. The second kappa shape index (κ2) is 7.75. The molecule has 0 spiro atoms. The fourth-order valence-electron chi connectivity index (χ4n) is 2.13. The molecule has 0 heterocycles. The number of carbonyl (C=O) groups excluding carboxylic acids is 1. The Kier molecular flexibility index (Phi) is 6.31. The lowest BCUT2D eigenvalue weighted by molar-refractivity contribution is 0.0601. The average Bonchev–Trinajstić information content (AvgIpc) is 2.42. The maximum Gasteiger partial charge on any atom is 0.340 e. The van der Waals surface area contributed by atoms with Gasteiger partial charge in [-0.25, -0.2) is 4.79 Å². The summed E-state index contributed by atoms with van der Waals surface area (Å²) in [6.45, 7) is 6.28. The number of benzene rings is 1. The summed E-state index contributed by atoms with van der Waals surface area (Å²) in [6, 6.07) is 5.29. The molecule has 0 aromatic heterocycles. The predicted octanol–water partition coefficient (Wildman–Crippen LogP) is 2.16. The topological polar surface area (TPSA) is 64.8 Å². The van der Waals surface area contributed by atoms with Crippen LogP contribution in [0.3, 0.4) is 0 Å². The van der Waals surface area contributed by atoms with Crippen LogP contribution in [-0.2, 0) is 9.47 Å². The van der Waals surface area contributed by atoms with E-state index in [2.05, 4.69) is 18.7 Å². The van der Waals surface area contributed by atoms with Gasteiger partial charge in [-0.2, -0.15) is 0 Å². The summed E-state index contributed by atoms with van der Waals surface area (Å²) in [5, 5.41) is 0. The molecule has 0 saturated heterocycles. The number of hydrogen-bond acceptors (Lipinski definition) is 5. The minimum absolute atomic E-state index is 0.376. The van der Waals surface area contributed by atoms with E-state index in [9.17, 15) is 4.79 Å². The Morgan fingerprint density at radius 1 is 1.35 bits per heavy atom. The van der Waals surface area contributed by atoms with Crippen molar-refractivity contribution in [2.75, 3.05) is 44.5 Å². The first-order valence-electron chi connectivity index (χ1n) is 6.72. The number of nitrogens with two attached hydrogens (primary N) is 1. The molecule has 5 nitrogen and oxygen atoms in total. The number of hydrogen-bond donors (Lipinski definition) is 1. The summed E-state index contributed by atoms with van der Waals surface area (Å²) in [5.41, 5.74) is 7.86. The number of carbonyl (C=O) groups is 1. The van der Waals surface area contributed by atoms with E-state index in [1.165, 1.54) is 7.11 Å². The van der Waals surface area contributed by atoms with Gasteiger partial charge in [-0.05, 0) is 18.1 Å². The van der Waals surface area contributed by atoms with Gasteiger partial charge in [-0.1, -0.05) is 19.9 Å². The highest BCUT2D eigenvalue weighted by Crippen LogP contribution is 2.29. The summed E-state index contributed by atoms with van der Waals surface area (Å²) in [5.74, 6) is 0.0652. The monoisotopic (exact) mass is 280 g/mol. The van der Waals surface area contributed by atoms with E-state index in [0.717, 1.165) is 12.2 Å². The lowest BCUT2D eigenvalue weighted by Crippen LogP contribution is -2.33. The Morgan fingerprint density at radius 3 is 2.60 bits per heavy atom. The van der Waals surface area contributed by atoms with Crippen LogP contribution in [0.25, 0.3) is 0 Å². The van der Waals surface area contributed by atoms with E-state index < -0.39 is 0 Å². The summed E-state index contributed by atoms with van der Waals surface area (Å²) < 4.78 is 9.98. The van der Waals surface area contributed by atoms with E-state index >= 15 is 0 Å². The highest BCUT2D eigenvalue weighted by Gasteiger charge is 2.20. The number of para-hydroxylation sites is 1. The van der Waals surface area contributed by atoms with Crippen molar-refractivity contribution in [2.24, 2.45) is 5.92 Å². The van der Waals surface area contributed by atoms with Crippen LogP contribution in [0.15, 0.2) is 18.2 Å². The SMILES string of the molecule is COCCN(CC(C)C)c1c(N)cccc1C(=O)OC. The molecule has 0 atom stereocenters. The number of anilines is 2.